The maximum Gasteiger partial charge on any atom is 0.322 e. The zero-order valence-electron chi connectivity index (χ0n) is 9.85. The topological polar surface area (TPSA) is 139 Å². The molecule has 0 aliphatic heterocycles. The van der Waals surface area contributed by atoms with Crippen LogP contribution in [0.3, 0.4) is 0 Å². The summed E-state index contributed by atoms with van der Waals surface area (Å²) in [4.78, 5) is 21.3. The number of hydrogen-bond acceptors (Lipinski definition) is 4. The molecule has 1 atom stereocenters. The highest BCUT2D eigenvalue weighted by atomic mass is 32.2. The lowest BCUT2D eigenvalue weighted by Gasteiger charge is -2.22. The molecule has 0 radical (unpaired) electrons. The van der Waals surface area contributed by atoms with Crippen LogP contribution in [0.15, 0.2) is 0 Å². The second kappa shape index (κ2) is 5.43. The number of rotatable bonds is 6. The minimum absolute atomic E-state index is 0.611. The van der Waals surface area contributed by atoms with Crippen LogP contribution in [0.25, 0.3) is 0 Å². The van der Waals surface area contributed by atoms with E-state index in [4.69, 9.17) is 10.8 Å². The first-order valence-electron chi connectivity index (χ1n) is 4.75. The van der Waals surface area contributed by atoms with Crippen LogP contribution in [0.1, 0.15) is 27.2 Å². The van der Waals surface area contributed by atoms with Gasteiger partial charge in [0.05, 0.1) is 6.42 Å². The van der Waals surface area contributed by atoms with Gasteiger partial charge in [-0.25, -0.2) is 0 Å². The molecule has 0 aromatic carbocycles. The maximum atomic E-state index is 11.5. The Hall–Kier alpha value is -1.19. The summed E-state index contributed by atoms with van der Waals surface area (Å²) in [6, 6.07) is -1.58. The van der Waals surface area contributed by atoms with Gasteiger partial charge in [0.1, 0.15) is 6.04 Å². The van der Waals surface area contributed by atoms with Gasteiger partial charge in [-0.3, -0.25) is 9.59 Å². The second-order valence-electron chi connectivity index (χ2n) is 4.53. The highest BCUT2D eigenvalue weighted by Crippen LogP contribution is 2.02. The molecule has 0 heterocycles. The van der Waals surface area contributed by atoms with E-state index in [1.54, 1.807) is 20.8 Å². The smallest absolute Gasteiger partial charge is 0.322 e. The van der Waals surface area contributed by atoms with Crippen LogP contribution in [0, 0.1) is 0 Å². The third-order valence-electron chi connectivity index (χ3n) is 1.44. The Morgan fingerprint density at radius 3 is 2.12 bits per heavy atom. The number of carbonyl (C=O) groups is 2. The van der Waals surface area contributed by atoms with Crippen LogP contribution < -0.4 is 15.2 Å². The molecule has 0 rings (SSSR count). The largest absolute Gasteiger partial charge is 0.480 e. The molecule has 0 bridgehead atoms. The van der Waals surface area contributed by atoms with Crippen molar-refractivity contribution in [2.45, 2.75) is 38.8 Å². The first kappa shape index (κ1) is 15.8. The Bertz CT molecular complexity index is 398. The Balaban J connectivity index is 4.76. The van der Waals surface area contributed by atoms with Crippen LogP contribution in [0.4, 0.5) is 0 Å². The molecule has 100 valence electrons. The summed E-state index contributed by atoms with van der Waals surface area (Å²) in [5.74, 6) is -2.38. The highest BCUT2D eigenvalue weighted by molar-refractivity contribution is 7.87. The number of carboxylic acid groups (broad SMARTS) is 1. The molecule has 0 fully saturated rings. The van der Waals surface area contributed by atoms with E-state index in [1.807, 2.05) is 4.72 Å². The van der Waals surface area contributed by atoms with Gasteiger partial charge in [-0.05, 0) is 20.8 Å². The summed E-state index contributed by atoms with van der Waals surface area (Å²) in [6.07, 6.45) is -0.611. The fourth-order valence-corrected chi connectivity index (χ4v) is 2.42. The van der Waals surface area contributed by atoms with E-state index in [0.717, 1.165) is 0 Å². The van der Waals surface area contributed by atoms with Crippen LogP contribution in [-0.2, 0) is 19.8 Å². The second-order valence-corrected chi connectivity index (χ2v) is 5.98. The predicted octanol–water partition coefficient (Wildman–Crippen LogP) is -1.46. The van der Waals surface area contributed by atoms with Gasteiger partial charge in [-0.1, -0.05) is 0 Å². The summed E-state index contributed by atoms with van der Waals surface area (Å²) in [6.45, 7) is 4.78. The lowest BCUT2D eigenvalue weighted by molar-refractivity contribution is -0.140. The molecular weight excluding hydrogens is 250 g/mol. The first-order chi connectivity index (χ1) is 7.43. The number of carboxylic acids is 1. The minimum Gasteiger partial charge on any atom is -0.480 e. The predicted molar refractivity (Wildman–Crippen MR) is 60.2 cm³/mol. The van der Waals surface area contributed by atoms with E-state index < -0.39 is 40.1 Å². The normalized spacial score (nSPS) is 14.3. The molecule has 17 heavy (non-hydrogen) atoms. The Morgan fingerprint density at radius 1 is 1.35 bits per heavy atom. The van der Waals surface area contributed by atoms with Crippen molar-refractivity contribution in [2.24, 2.45) is 5.73 Å². The van der Waals surface area contributed by atoms with Crippen LogP contribution in [0.2, 0.25) is 0 Å². The van der Waals surface area contributed by atoms with Crippen LogP contribution in [0.5, 0.6) is 0 Å². The van der Waals surface area contributed by atoms with Crippen molar-refractivity contribution in [3.05, 3.63) is 0 Å². The van der Waals surface area contributed by atoms with Crippen molar-refractivity contribution in [3.63, 3.8) is 0 Å². The number of nitrogens with one attached hydrogen (secondary N) is 2. The minimum atomic E-state index is -4.02. The van der Waals surface area contributed by atoms with Crippen molar-refractivity contribution < 1.29 is 23.1 Å². The molecule has 1 unspecified atom stereocenters. The fourth-order valence-electron chi connectivity index (χ4n) is 1.00. The van der Waals surface area contributed by atoms with Crippen molar-refractivity contribution in [1.29, 1.82) is 0 Å². The van der Waals surface area contributed by atoms with Gasteiger partial charge in [-0.15, -0.1) is 0 Å². The van der Waals surface area contributed by atoms with E-state index in [2.05, 4.69) is 4.72 Å². The zero-order chi connectivity index (χ0) is 13.9. The van der Waals surface area contributed by atoms with Gasteiger partial charge in [0.25, 0.3) is 10.2 Å². The standard InChI is InChI=1S/C8H17N3O5S/c1-8(2,3)11-17(15,16)10-5(7(13)14)4-6(9)12/h5,10-11H,4H2,1-3H3,(H2,9,12)(H,13,14). The fraction of sp³-hybridized carbons (Fsp3) is 0.750. The lowest BCUT2D eigenvalue weighted by atomic mass is 10.1. The molecule has 0 spiro atoms. The first-order valence-corrected chi connectivity index (χ1v) is 6.23. The van der Waals surface area contributed by atoms with Gasteiger partial charge < -0.3 is 10.8 Å². The number of nitrogens with two attached hydrogens (primary N) is 1. The van der Waals surface area contributed by atoms with E-state index in [0.29, 0.717) is 0 Å². The number of aliphatic carboxylic acids is 1. The average Bonchev–Trinajstić information content (AvgIpc) is 1.95. The Labute approximate surface area is 99.7 Å². The quantitative estimate of drug-likeness (QED) is 0.465. The highest BCUT2D eigenvalue weighted by Gasteiger charge is 2.28. The summed E-state index contributed by atoms with van der Waals surface area (Å²) < 4.78 is 27.1. The monoisotopic (exact) mass is 267 g/mol. The van der Waals surface area contributed by atoms with Gasteiger partial charge in [0.2, 0.25) is 5.91 Å². The summed E-state index contributed by atoms with van der Waals surface area (Å²) >= 11 is 0. The van der Waals surface area contributed by atoms with Gasteiger partial charge in [-0.2, -0.15) is 17.9 Å². The molecular formula is C8H17N3O5S. The van der Waals surface area contributed by atoms with Crippen molar-refractivity contribution >= 4 is 22.1 Å². The third kappa shape index (κ3) is 7.66. The maximum absolute atomic E-state index is 11.5. The summed E-state index contributed by atoms with van der Waals surface area (Å²) in [5, 5.41) is 8.72. The molecule has 0 saturated carbocycles. The van der Waals surface area contributed by atoms with Crippen molar-refractivity contribution in [1.82, 2.24) is 9.44 Å². The molecule has 1 amide bonds. The van der Waals surface area contributed by atoms with E-state index in [9.17, 15) is 18.0 Å². The number of carbonyl (C=O) groups excluding carboxylic acids is 1. The molecule has 0 aromatic heterocycles. The molecule has 0 aromatic rings. The van der Waals surface area contributed by atoms with E-state index in [1.165, 1.54) is 0 Å². The number of hydrogen-bond donors (Lipinski definition) is 4. The number of amides is 1. The molecule has 0 aliphatic carbocycles. The Kier molecular flexibility index (Phi) is 5.05. The van der Waals surface area contributed by atoms with Crippen LogP contribution in [-0.4, -0.2) is 37.0 Å². The molecule has 0 aliphatic rings. The van der Waals surface area contributed by atoms with Crippen molar-refractivity contribution in [2.75, 3.05) is 0 Å². The summed E-state index contributed by atoms with van der Waals surface area (Å²) in [7, 11) is -4.02. The lowest BCUT2D eigenvalue weighted by Crippen LogP contribution is -2.52. The molecule has 5 N–H and O–H groups in total. The van der Waals surface area contributed by atoms with E-state index in [-0.39, 0.29) is 0 Å². The van der Waals surface area contributed by atoms with Gasteiger partial charge >= 0.3 is 5.97 Å². The van der Waals surface area contributed by atoms with Gasteiger partial charge in [0, 0.05) is 5.54 Å². The SMILES string of the molecule is CC(C)(C)NS(=O)(=O)NC(CC(N)=O)C(=O)O. The van der Waals surface area contributed by atoms with Crippen LogP contribution >= 0.6 is 0 Å². The molecule has 8 nitrogen and oxygen atoms in total. The van der Waals surface area contributed by atoms with Crippen molar-refractivity contribution in [3.8, 4) is 0 Å². The number of primary amides is 1. The zero-order valence-corrected chi connectivity index (χ0v) is 10.7. The van der Waals surface area contributed by atoms with E-state index >= 15 is 0 Å². The molecule has 9 heteroatoms. The Morgan fingerprint density at radius 2 is 1.82 bits per heavy atom. The molecule has 0 saturated heterocycles. The van der Waals surface area contributed by atoms with Gasteiger partial charge in [0.15, 0.2) is 0 Å². The average molecular weight is 267 g/mol. The third-order valence-corrected chi connectivity index (χ3v) is 2.92. The summed E-state index contributed by atoms with van der Waals surface area (Å²) in [5.41, 5.74) is 4.06.